The van der Waals surface area contributed by atoms with E-state index in [0.29, 0.717) is 13.2 Å². The molecule has 0 fully saturated rings. The van der Waals surface area contributed by atoms with Gasteiger partial charge in [0.1, 0.15) is 13.0 Å². The van der Waals surface area contributed by atoms with Crippen LogP contribution in [-0.4, -0.2) is 27.9 Å². The summed E-state index contributed by atoms with van der Waals surface area (Å²) in [5.74, 6) is 5.50. The molecule has 0 amide bonds. The van der Waals surface area contributed by atoms with E-state index in [-0.39, 0.29) is 5.69 Å². The third-order valence-electron chi connectivity index (χ3n) is 2.20. The number of hydrazone groups is 1. The van der Waals surface area contributed by atoms with E-state index in [4.69, 9.17) is 5.84 Å². The summed E-state index contributed by atoms with van der Waals surface area (Å²) >= 11 is 0. The van der Waals surface area contributed by atoms with Gasteiger partial charge >= 0.3 is 0 Å². The Balaban J connectivity index is 2.00. The number of hydrazine groups is 1. The van der Waals surface area contributed by atoms with E-state index in [9.17, 15) is 10.1 Å². The molecule has 0 saturated carbocycles. The van der Waals surface area contributed by atoms with Crippen LogP contribution in [0.1, 0.15) is 5.56 Å². The molecule has 0 bridgehead atoms. The van der Waals surface area contributed by atoms with E-state index in [0.717, 1.165) is 5.56 Å². The Bertz CT molecular complexity index is 416. The molecule has 2 N–H and O–H groups in total. The molecular formula is C9H11N5O2. The molecule has 7 heteroatoms. The minimum atomic E-state index is -0.417. The Labute approximate surface area is 91.9 Å². The number of hydrogen-bond acceptors (Lipinski definition) is 6. The van der Waals surface area contributed by atoms with Gasteiger partial charge in [0, 0.05) is 12.1 Å². The molecule has 0 spiro atoms. The fraction of sp³-hybridized carbons (Fsp3) is 0.222. The molecule has 1 aliphatic heterocycles. The number of non-ortho nitro benzene ring substituents is 1. The Morgan fingerprint density at radius 3 is 2.62 bits per heavy atom. The normalized spacial score (nSPS) is 14.6. The van der Waals surface area contributed by atoms with Crippen molar-refractivity contribution in [2.75, 3.05) is 6.67 Å². The highest BCUT2D eigenvalue weighted by molar-refractivity contribution is 5.55. The van der Waals surface area contributed by atoms with Crippen LogP contribution < -0.4 is 5.84 Å². The SMILES string of the molecule is NN1C=NN(Cc2ccc([N+](=O)[O-])cc2)C1. The van der Waals surface area contributed by atoms with Crippen molar-refractivity contribution in [3.63, 3.8) is 0 Å². The van der Waals surface area contributed by atoms with Crippen molar-refractivity contribution < 1.29 is 4.92 Å². The van der Waals surface area contributed by atoms with Crippen LogP contribution in [0.3, 0.4) is 0 Å². The predicted molar refractivity (Wildman–Crippen MR) is 58.0 cm³/mol. The summed E-state index contributed by atoms with van der Waals surface area (Å²) in [6.45, 7) is 1.11. The summed E-state index contributed by atoms with van der Waals surface area (Å²) < 4.78 is 0. The highest BCUT2D eigenvalue weighted by Gasteiger charge is 2.11. The monoisotopic (exact) mass is 221 g/mol. The predicted octanol–water partition coefficient (Wildman–Crippen LogP) is 0.487. The molecule has 16 heavy (non-hydrogen) atoms. The zero-order valence-corrected chi connectivity index (χ0v) is 8.48. The first kappa shape index (κ1) is 10.4. The zero-order chi connectivity index (χ0) is 11.5. The number of nitro benzene ring substituents is 1. The quantitative estimate of drug-likeness (QED) is 0.456. The second-order valence-electron chi connectivity index (χ2n) is 3.47. The largest absolute Gasteiger partial charge is 0.278 e. The Morgan fingerprint density at radius 2 is 2.12 bits per heavy atom. The van der Waals surface area contributed by atoms with Gasteiger partial charge in [-0.1, -0.05) is 12.1 Å². The molecule has 84 valence electrons. The lowest BCUT2D eigenvalue weighted by atomic mass is 10.2. The molecule has 0 aliphatic carbocycles. The van der Waals surface area contributed by atoms with Crippen molar-refractivity contribution in [3.8, 4) is 0 Å². The molecule has 7 nitrogen and oxygen atoms in total. The maximum Gasteiger partial charge on any atom is 0.269 e. The van der Waals surface area contributed by atoms with Gasteiger partial charge in [-0.3, -0.25) is 20.1 Å². The number of nitrogens with zero attached hydrogens (tertiary/aromatic N) is 4. The van der Waals surface area contributed by atoms with Crippen molar-refractivity contribution in [1.82, 2.24) is 10.0 Å². The third kappa shape index (κ3) is 2.26. The lowest BCUT2D eigenvalue weighted by Gasteiger charge is -2.15. The van der Waals surface area contributed by atoms with Gasteiger partial charge in [0.2, 0.25) is 0 Å². The van der Waals surface area contributed by atoms with E-state index in [2.05, 4.69) is 5.10 Å². The summed E-state index contributed by atoms with van der Waals surface area (Å²) in [5, 5.41) is 17.7. The molecule has 0 radical (unpaired) electrons. The van der Waals surface area contributed by atoms with Crippen LogP contribution >= 0.6 is 0 Å². The van der Waals surface area contributed by atoms with Crippen LogP contribution in [0.4, 0.5) is 5.69 Å². The van der Waals surface area contributed by atoms with E-state index in [1.54, 1.807) is 17.1 Å². The summed E-state index contributed by atoms with van der Waals surface area (Å²) in [6, 6.07) is 6.39. The maximum absolute atomic E-state index is 10.4. The minimum absolute atomic E-state index is 0.0918. The molecule has 2 rings (SSSR count). The van der Waals surface area contributed by atoms with E-state index >= 15 is 0 Å². The highest BCUT2D eigenvalue weighted by Crippen LogP contribution is 2.14. The first-order chi connectivity index (χ1) is 7.65. The summed E-state index contributed by atoms with van der Waals surface area (Å²) in [5.41, 5.74) is 1.05. The van der Waals surface area contributed by atoms with Crippen LogP contribution in [-0.2, 0) is 6.54 Å². The van der Waals surface area contributed by atoms with Gasteiger partial charge in [-0.05, 0) is 5.56 Å². The van der Waals surface area contributed by atoms with E-state index in [1.165, 1.54) is 23.5 Å². The summed E-state index contributed by atoms with van der Waals surface area (Å²) in [4.78, 5) is 10.0. The third-order valence-corrected chi connectivity index (χ3v) is 2.20. The van der Waals surface area contributed by atoms with Crippen LogP contribution in [0.15, 0.2) is 29.4 Å². The fourth-order valence-electron chi connectivity index (χ4n) is 1.43. The second-order valence-corrected chi connectivity index (χ2v) is 3.47. The van der Waals surface area contributed by atoms with Gasteiger partial charge < -0.3 is 0 Å². The van der Waals surface area contributed by atoms with Gasteiger partial charge in [-0.2, -0.15) is 5.10 Å². The first-order valence-electron chi connectivity index (χ1n) is 4.69. The molecular weight excluding hydrogens is 210 g/mol. The fourth-order valence-corrected chi connectivity index (χ4v) is 1.43. The van der Waals surface area contributed by atoms with Crippen molar-refractivity contribution in [2.45, 2.75) is 6.54 Å². The number of hydrogen-bond donors (Lipinski definition) is 1. The van der Waals surface area contributed by atoms with E-state index < -0.39 is 4.92 Å². The molecule has 0 atom stereocenters. The van der Waals surface area contributed by atoms with Crippen LogP contribution in [0, 0.1) is 10.1 Å². The molecule has 1 aliphatic rings. The van der Waals surface area contributed by atoms with Crippen LogP contribution in [0.25, 0.3) is 0 Å². The Kier molecular flexibility index (Phi) is 2.69. The van der Waals surface area contributed by atoms with Crippen LogP contribution in [0.2, 0.25) is 0 Å². The smallest absolute Gasteiger partial charge is 0.269 e. The van der Waals surface area contributed by atoms with Crippen LogP contribution in [0.5, 0.6) is 0 Å². The van der Waals surface area contributed by atoms with Gasteiger partial charge in [0.25, 0.3) is 5.69 Å². The number of nitrogens with two attached hydrogens (primary N) is 1. The molecule has 1 aromatic rings. The van der Waals surface area contributed by atoms with Gasteiger partial charge in [-0.15, -0.1) is 0 Å². The summed E-state index contributed by atoms with van der Waals surface area (Å²) in [7, 11) is 0. The lowest BCUT2D eigenvalue weighted by Crippen LogP contribution is -2.31. The molecule has 1 heterocycles. The molecule has 0 aromatic heterocycles. The van der Waals surface area contributed by atoms with E-state index in [1.807, 2.05) is 0 Å². The van der Waals surface area contributed by atoms with Gasteiger partial charge in [0.15, 0.2) is 0 Å². The number of benzene rings is 1. The Morgan fingerprint density at radius 1 is 1.44 bits per heavy atom. The Hall–Kier alpha value is -2.15. The second kappa shape index (κ2) is 4.15. The average molecular weight is 221 g/mol. The lowest BCUT2D eigenvalue weighted by molar-refractivity contribution is -0.384. The zero-order valence-electron chi connectivity index (χ0n) is 8.48. The van der Waals surface area contributed by atoms with Crippen molar-refractivity contribution in [1.29, 1.82) is 0 Å². The van der Waals surface area contributed by atoms with Crippen molar-refractivity contribution in [3.05, 3.63) is 39.9 Å². The molecule has 0 saturated heterocycles. The highest BCUT2D eigenvalue weighted by atomic mass is 16.6. The maximum atomic E-state index is 10.4. The molecule has 0 unspecified atom stereocenters. The van der Waals surface area contributed by atoms with Crippen molar-refractivity contribution in [2.24, 2.45) is 10.9 Å². The van der Waals surface area contributed by atoms with Crippen molar-refractivity contribution >= 4 is 12.0 Å². The molecule has 1 aromatic carbocycles. The minimum Gasteiger partial charge on any atom is -0.278 e. The standard InChI is InChI=1S/C9H11N5O2/c10-12-6-11-13(7-12)5-8-1-3-9(4-2-8)14(15)16/h1-4,6H,5,7,10H2. The first-order valence-corrected chi connectivity index (χ1v) is 4.69. The topological polar surface area (TPSA) is 88.0 Å². The average Bonchev–Trinajstić information content (AvgIpc) is 2.65. The number of nitro groups is 1. The summed E-state index contributed by atoms with van der Waals surface area (Å²) in [6.07, 6.45) is 1.53. The van der Waals surface area contributed by atoms with Gasteiger partial charge in [-0.25, -0.2) is 5.84 Å². The van der Waals surface area contributed by atoms with Gasteiger partial charge in [0.05, 0.1) is 11.5 Å². The number of rotatable bonds is 3.